The minimum atomic E-state index is 0. The summed E-state index contributed by atoms with van der Waals surface area (Å²) in [6, 6.07) is 8.64. The van der Waals surface area contributed by atoms with Gasteiger partial charge in [0.25, 0.3) is 0 Å². The number of benzene rings is 1. The molecule has 0 radical (unpaired) electrons. The standard InChI is InChI=1S/C14H20NS.HI/c1-4-8-12(5-2)16-11(3)15-13-9-6-7-10-14(13)16;/h6-7,9-10,12H,4-5,8H2,1-3H3;1H/q+1;/p-1. The molecule has 0 bridgehead atoms. The summed E-state index contributed by atoms with van der Waals surface area (Å²) >= 11 is 0. The van der Waals surface area contributed by atoms with Gasteiger partial charge in [-0.2, -0.15) is 4.98 Å². The molecule has 3 heteroatoms. The van der Waals surface area contributed by atoms with E-state index in [1.165, 1.54) is 34.5 Å². The monoisotopic (exact) mass is 361 g/mol. The predicted octanol–water partition coefficient (Wildman–Crippen LogP) is 2.05. The largest absolute Gasteiger partial charge is 1.00 e. The molecule has 2 unspecified atom stereocenters. The van der Waals surface area contributed by atoms with Crippen LogP contribution in [0.15, 0.2) is 24.3 Å². The highest BCUT2D eigenvalue weighted by Gasteiger charge is 2.26. The highest BCUT2D eigenvalue weighted by atomic mass is 127. The molecule has 0 spiro atoms. The van der Waals surface area contributed by atoms with Crippen molar-refractivity contribution in [2.75, 3.05) is 0 Å². The number of rotatable bonds is 4. The van der Waals surface area contributed by atoms with Crippen molar-refractivity contribution >= 4 is 20.7 Å². The Balaban J connectivity index is 0.00000144. The third-order valence-corrected chi connectivity index (χ3v) is 5.88. The summed E-state index contributed by atoms with van der Waals surface area (Å²) < 4.78 is 1.47. The van der Waals surface area contributed by atoms with Gasteiger partial charge < -0.3 is 24.0 Å². The first-order chi connectivity index (χ1) is 7.77. The predicted molar refractivity (Wildman–Crippen MR) is 73.2 cm³/mol. The topological polar surface area (TPSA) is 12.9 Å². The molecule has 1 nitrogen and oxygen atoms in total. The highest BCUT2D eigenvalue weighted by Crippen LogP contribution is 2.45. The fraction of sp³-hybridized carbons (Fsp3) is 0.500. The van der Waals surface area contributed by atoms with Gasteiger partial charge in [0.05, 0.1) is 0 Å². The molecule has 17 heavy (non-hydrogen) atoms. The van der Waals surface area contributed by atoms with Crippen molar-refractivity contribution in [2.24, 2.45) is 0 Å². The lowest BCUT2D eigenvalue weighted by atomic mass is 10.2. The summed E-state index contributed by atoms with van der Waals surface area (Å²) in [6.07, 6.45) is 3.86. The van der Waals surface area contributed by atoms with Gasteiger partial charge in [-0.25, -0.2) is 0 Å². The van der Waals surface area contributed by atoms with Crippen LogP contribution in [0.2, 0.25) is 0 Å². The number of aryl methyl sites for hydroxylation is 1. The number of halogens is 1. The van der Waals surface area contributed by atoms with E-state index in [1.54, 1.807) is 0 Å². The summed E-state index contributed by atoms with van der Waals surface area (Å²) in [4.78, 5) is 4.71. The van der Waals surface area contributed by atoms with Crippen LogP contribution in [0.4, 0.5) is 0 Å². The number of aromatic nitrogens is 1. The molecule has 2 atom stereocenters. The third-order valence-electron chi connectivity index (χ3n) is 3.10. The smallest absolute Gasteiger partial charge is 0.240 e. The Morgan fingerprint density at radius 1 is 1.24 bits per heavy atom. The summed E-state index contributed by atoms with van der Waals surface area (Å²) in [6.45, 7) is 6.78. The maximum Gasteiger partial charge on any atom is 0.240 e. The Morgan fingerprint density at radius 3 is 2.59 bits per heavy atom. The van der Waals surface area contributed by atoms with Crippen LogP contribution in [-0.2, 0) is 0 Å². The Kier molecular flexibility index (Phi) is 5.86. The molecule has 0 amide bonds. The first-order valence-corrected chi connectivity index (χ1v) is 7.44. The average molecular weight is 361 g/mol. The number of thiazole rings is 1. The fourth-order valence-corrected chi connectivity index (χ4v) is 5.07. The Labute approximate surface area is 124 Å². The van der Waals surface area contributed by atoms with Gasteiger partial charge in [-0.05, 0) is 18.9 Å². The summed E-state index contributed by atoms with van der Waals surface area (Å²) in [7, 11) is 0.265. The van der Waals surface area contributed by atoms with Gasteiger partial charge in [0.2, 0.25) is 9.71 Å². The van der Waals surface area contributed by atoms with Crippen LogP contribution in [0.3, 0.4) is 0 Å². The van der Waals surface area contributed by atoms with E-state index in [-0.39, 0.29) is 34.4 Å². The summed E-state index contributed by atoms with van der Waals surface area (Å²) in [5.41, 5.74) is 1.21. The fourth-order valence-electron chi connectivity index (χ4n) is 2.34. The van der Waals surface area contributed by atoms with Crippen LogP contribution in [-0.4, -0.2) is 4.98 Å². The van der Waals surface area contributed by atoms with E-state index in [4.69, 9.17) is 4.98 Å². The molecule has 0 fully saturated rings. The maximum atomic E-state index is 4.71. The Bertz CT molecular complexity index is 478. The van der Waals surface area contributed by atoms with Crippen molar-refractivity contribution in [1.29, 1.82) is 0 Å². The van der Waals surface area contributed by atoms with E-state index in [2.05, 4.69) is 45.0 Å². The van der Waals surface area contributed by atoms with E-state index < -0.39 is 0 Å². The zero-order valence-corrected chi connectivity index (χ0v) is 13.7. The lowest BCUT2D eigenvalue weighted by Crippen LogP contribution is -3.00. The van der Waals surface area contributed by atoms with Crippen molar-refractivity contribution in [1.82, 2.24) is 4.98 Å². The van der Waals surface area contributed by atoms with Gasteiger partial charge in [0, 0.05) is 23.5 Å². The molecule has 1 aromatic heterocycles. The zero-order chi connectivity index (χ0) is 11.5. The second-order valence-corrected chi connectivity index (χ2v) is 6.63. The van der Waals surface area contributed by atoms with Crippen LogP contribution in [0.25, 0.3) is 10.2 Å². The Morgan fingerprint density at radius 2 is 1.94 bits per heavy atom. The quantitative estimate of drug-likeness (QED) is 0.600. The van der Waals surface area contributed by atoms with Crippen molar-refractivity contribution in [2.45, 2.75) is 45.3 Å². The number of fused-ring (bicyclic) bond motifs is 1. The van der Waals surface area contributed by atoms with Gasteiger partial charge in [0.15, 0.2) is 0 Å². The lowest BCUT2D eigenvalue weighted by molar-refractivity contribution is -0.00000346. The minimum Gasteiger partial charge on any atom is -1.00 e. The molecule has 2 rings (SSSR count). The van der Waals surface area contributed by atoms with Gasteiger partial charge in [-0.3, -0.25) is 0 Å². The molecule has 1 heterocycles. The molecule has 2 aromatic rings. The van der Waals surface area contributed by atoms with Crippen LogP contribution < -0.4 is 24.0 Å². The molecular weight excluding hydrogens is 341 g/mol. The van der Waals surface area contributed by atoms with E-state index >= 15 is 0 Å². The van der Waals surface area contributed by atoms with Crippen LogP contribution >= 0.6 is 10.5 Å². The van der Waals surface area contributed by atoms with Gasteiger partial charge in [-0.15, -0.1) is 0 Å². The maximum absolute atomic E-state index is 4.71. The van der Waals surface area contributed by atoms with Crippen molar-refractivity contribution in [3.8, 4) is 0 Å². The van der Waals surface area contributed by atoms with Crippen LogP contribution in [0.1, 0.15) is 43.4 Å². The number of hydrogen-bond donors (Lipinski definition) is 0. The van der Waals surface area contributed by atoms with Gasteiger partial charge >= 0.3 is 0 Å². The van der Waals surface area contributed by atoms with E-state index in [9.17, 15) is 0 Å². The van der Waals surface area contributed by atoms with E-state index in [1.807, 2.05) is 0 Å². The first-order valence-electron chi connectivity index (χ1n) is 6.15. The van der Waals surface area contributed by atoms with Gasteiger partial charge in [-0.1, -0.05) is 32.4 Å². The zero-order valence-electron chi connectivity index (χ0n) is 10.7. The molecule has 0 saturated carbocycles. The van der Waals surface area contributed by atoms with E-state index in [0.717, 1.165) is 5.25 Å². The SMILES string of the molecule is CCCC(CC)[s+]1c(C)nc2ccccc21.[I-]. The second kappa shape index (κ2) is 6.69. The third kappa shape index (κ3) is 2.99. The van der Waals surface area contributed by atoms with Crippen molar-refractivity contribution < 1.29 is 24.0 Å². The highest BCUT2D eigenvalue weighted by molar-refractivity contribution is 7.37. The molecule has 1 aromatic carbocycles. The van der Waals surface area contributed by atoms with E-state index in [0.29, 0.717) is 0 Å². The van der Waals surface area contributed by atoms with Crippen LogP contribution in [0, 0.1) is 6.92 Å². The normalized spacial score (nSPS) is 13.5. The minimum absolute atomic E-state index is 0. The molecular formula is C14H20INS. The number of hydrogen-bond acceptors (Lipinski definition) is 1. The molecule has 0 saturated heterocycles. The number of nitrogens with zero attached hydrogens (tertiary/aromatic N) is 1. The van der Waals surface area contributed by atoms with Crippen molar-refractivity contribution in [3.63, 3.8) is 0 Å². The second-order valence-electron chi connectivity index (χ2n) is 4.26. The molecule has 94 valence electrons. The molecule has 0 aliphatic heterocycles. The summed E-state index contributed by atoms with van der Waals surface area (Å²) in [5, 5.41) is 2.12. The Hall–Kier alpha value is -0.160. The molecule has 0 aliphatic carbocycles. The summed E-state index contributed by atoms with van der Waals surface area (Å²) in [5.74, 6) is 0. The van der Waals surface area contributed by atoms with Crippen molar-refractivity contribution in [3.05, 3.63) is 29.3 Å². The van der Waals surface area contributed by atoms with Gasteiger partial charge in [0.1, 0.15) is 10.8 Å². The first kappa shape index (κ1) is 14.9. The average Bonchev–Trinajstić information content (AvgIpc) is 2.62. The van der Waals surface area contributed by atoms with Crippen LogP contribution in [0.5, 0.6) is 0 Å². The number of para-hydroxylation sites is 1. The molecule has 0 N–H and O–H groups in total. The molecule has 0 aliphatic rings. The lowest BCUT2D eigenvalue weighted by Gasteiger charge is -2.05.